The number of methoxy groups -OCH3 is 7. The Kier molecular flexibility index (Phi) is 32.9. The zero-order chi connectivity index (χ0) is 100. The lowest BCUT2D eigenvalue weighted by Crippen LogP contribution is -2.49. The van der Waals surface area contributed by atoms with Crippen LogP contribution in [0.5, 0.6) is 40.2 Å². The van der Waals surface area contributed by atoms with Crippen molar-refractivity contribution in [3.8, 4) is 85.3 Å². The molecule has 2 amide bonds. The number of aryl methyl sites for hydroxylation is 4. The van der Waals surface area contributed by atoms with E-state index in [2.05, 4.69) is 104 Å². The number of nitrogens with one attached hydrogen (secondary N) is 1. The van der Waals surface area contributed by atoms with Crippen LogP contribution in [0.25, 0.3) is 89.2 Å². The first-order chi connectivity index (χ1) is 70.2. The minimum Gasteiger partial charge on any atom is -0.497 e. The number of fused-ring (bicyclic) bond motifs is 4. The Morgan fingerprint density at radius 2 is 0.701 bits per heavy atom. The first-order valence-corrected chi connectivity index (χ1v) is 48.7. The van der Waals surface area contributed by atoms with Crippen molar-refractivity contribution in [2.75, 3.05) is 181 Å². The van der Waals surface area contributed by atoms with Gasteiger partial charge in [-0.15, -0.1) is 0 Å². The van der Waals surface area contributed by atoms with Crippen molar-refractivity contribution >= 4 is 101 Å². The molecule has 0 unspecified atom stereocenters. The van der Waals surface area contributed by atoms with E-state index in [1.807, 2.05) is 179 Å². The molecule has 748 valence electrons. The summed E-state index contributed by atoms with van der Waals surface area (Å²) in [4.78, 5) is 80.2. The van der Waals surface area contributed by atoms with Crippen LogP contribution in [-0.4, -0.2) is 282 Å². The van der Waals surface area contributed by atoms with Crippen LogP contribution in [-0.2, 0) is 44.4 Å². The maximum atomic E-state index is 12.3. The number of ether oxygens (including phenoxy) is 7. The van der Waals surface area contributed by atoms with E-state index in [1.165, 1.54) is 25.9 Å². The zero-order valence-corrected chi connectivity index (χ0v) is 83.5. The number of amides is 2. The van der Waals surface area contributed by atoms with Gasteiger partial charge in [-0.3, -0.25) is 53.2 Å². The minimum atomic E-state index is -0.0382. The van der Waals surface area contributed by atoms with Crippen molar-refractivity contribution in [3.63, 3.8) is 0 Å². The summed E-state index contributed by atoms with van der Waals surface area (Å²) in [6.45, 7) is 13.6. The monoisotopic (exact) mass is 1950 g/mol. The highest BCUT2D eigenvalue weighted by Gasteiger charge is 2.28. The summed E-state index contributed by atoms with van der Waals surface area (Å²) >= 11 is 0. The second-order valence-electron chi connectivity index (χ2n) is 36.2. The number of aliphatic hydroxyl groups excluding tert-OH is 2. The third-order valence-electron chi connectivity index (χ3n) is 26.4. The fourth-order valence-corrected chi connectivity index (χ4v) is 18.6. The molecule has 0 atom stereocenters. The minimum absolute atomic E-state index is 0.0382. The lowest BCUT2D eigenvalue weighted by Gasteiger charge is -2.34. The SMILES string of the molecule is COc1cc(CO)cc(N(CCCN2CCCC2)c2ccc3ncc(-c4cnn(C)c4)nc3c2)c1.COc1cc(OC)cc(N(CCN2CCC(CCO)CC2)c2ccc3ncc(-c4cnn(C)c4)nc3c2)c1.COc1cc(OC)cc(N(CCN2CCCC2=O)c2ccc3ncc(-c4cnn(C)c4)nc3c2)c1.COc1cc(OC)cc(N(CCN2CCNC(=O)C2)c2ccc3ncc(-c4cnn(C)c4)nc3c2)c1. The van der Waals surface area contributed by atoms with Crippen molar-refractivity contribution in [2.45, 2.75) is 58.0 Å². The number of rotatable bonds is 35. The van der Waals surface area contributed by atoms with Crippen molar-refractivity contribution in [2.24, 2.45) is 34.1 Å². The molecule has 0 radical (unpaired) electrons. The summed E-state index contributed by atoms with van der Waals surface area (Å²) in [6, 6.07) is 48.0. The molecular formula is C108H125N25O11. The Hall–Kier alpha value is -15.5. The molecule has 0 bridgehead atoms. The van der Waals surface area contributed by atoms with E-state index in [1.54, 1.807) is 118 Å². The van der Waals surface area contributed by atoms with Crippen molar-refractivity contribution in [1.29, 1.82) is 0 Å². The molecule has 4 aliphatic heterocycles. The fourth-order valence-electron chi connectivity index (χ4n) is 18.6. The highest BCUT2D eigenvalue weighted by Crippen LogP contribution is 2.41. The smallest absolute Gasteiger partial charge is 0.234 e. The van der Waals surface area contributed by atoms with Gasteiger partial charge >= 0.3 is 0 Å². The van der Waals surface area contributed by atoms with Gasteiger partial charge in [0.2, 0.25) is 11.8 Å². The predicted molar refractivity (Wildman–Crippen MR) is 559 cm³/mol. The molecule has 0 spiro atoms. The second kappa shape index (κ2) is 47.4. The number of anilines is 8. The third-order valence-corrected chi connectivity index (χ3v) is 26.4. The van der Waals surface area contributed by atoms with Gasteiger partial charge in [0.25, 0.3) is 0 Å². The highest BCUT2D eigenvalue weighted by atomic mass is 16.5. The molecule has 4 aliphatic rings. The molecule has 3 N–H and O–H groups in total. The Balaban J connectivity index is 0.000000132. The topological polar surface area (TPSA) is 352 Å². The highest BCUT2D eigenvalue weighted by molar-refractivity contribution is 5.88. The van der Waals surface area contributed by atoms with Gasteiger partial charge in [-0.2, -0.15) is 20.4 Å². The van der Waals surface area contributed by atoms with Gasteiger partial charge < -0.3 is 83.0 Å². The molecule has 144 heavy (non-hydrogen) atoms. The van der Waals surface area contributed by atoms with E-state index < -0.39 is 0 Å². The van der Waals surface area contributed by atoms with Crippen LogP contribution in [0.1, 0.15) is 56.9 Å². The van der Waals surface area contributed by atoms with Crippen LogP contribution in [0.3, 0.4) is 0 Å². The zero-order valence-electron chi connectivity index (χ0n) is 83.5. The standard InChI is InChI=1S/C29H36N6O3.C27H32N6O2.C26H29N7O3.C26H28N6O3/c1-33-20-22(18-31-33)29-19-30-27-5-4-23(16-28(27)32-29)35(24-14-25(37-2)17-26(15-24)38-3)12-11-34-9-6-21(7-10-34)8-13-36;1-31-18-21(16-29-31)27-17-28-25-7-6-22(15-26(25)30-27)33(11-5-10-32-8-3-4-9-32)23-12-20(19-34)13-24(14-23)35-2;1-31-16-18(14-29-31)25-15-28-23-5-4-19(12-24(23)30-25)33(9-8-32-7-6-27-26(34)17-32)20-10-21(35-2)13-22(11-20)36-3;1-30-17-18(15-28-30)25-16-27-23-7-6-19(13-24(23)29-25)32(10-9-31-8-4-5-26(31)33)20-11-21(34-2)14-22(12-20)35-3/h4-5,14-21,36H,6-13H2,1-3H3;6-7,12-18,34H,3-5,8-11,19H2,1-2H3;4-5,10-16H,6-9,17H2,1-3H3,(H,27,34);6-7,11-17H,4-5,8-10H2,1-3H3. The molecule has 4 fully saturated rings. The molecule has 16 aromatic rings. The number of piperidine rings is 1. The predicted octanol–water partition coefficient (Wildman–Crippen LogP) is 14.9. The Labute approximate surface area is 837 Å². The molecule has 20 rings (SSSR count). The van der Waals surface area contributed by atoms with E-state index in [0.29, 0.717) is 74.6 Å². The van der Waals surface area contributed by atoms with E-state index in [9.17, 15) is 19.8 Å². The molecule has 8 aromatic carbocycles. The van der Waals surface area contributed by atoms with E-state index >= 15 is 0 Å². The summed E-state index contributed by atoms with van der Waals surface area (Å²) in [7, 11) is 19.1. The lowest BCUT2D eigenvalue weighted by molar-refractivity contribution is -0.127. The van der Waals surface area contributed by atoms with Crippen LogP contribution < -0.4 is 58.1 Å². The normalized spacial score (nSPS) is 14.0. The average Bonchev–Trinajstić information content (AvgIpc) is 1.29. The van der Waals surface area contributed by atoms with Crippen LogP contribution in [0.15, 0.2) is 220 Å². The molecule has 36 heteroatoms. The van der Waals surface area contributed by atoms with Crippen LogP contribution in [0.4, 0.5) is 45.5 Å². The number of hydrogen-bond acceptors (Lipinski definition) is 30. The molecule has 0 aliphatic carbocycles. The largest absolute Gasteiger partial charge is 0.497 e. The van der Waals surface area contributed by atoms with Crippen molar-refractivity contribution in [1.82, 2.24) is 104 Å². The molecule has 0 saturated carbocycles. The van der Waals surface area contributed by atoms with Gasteiger partial charge in [0, 0.05) is 260 Å². The molecule has 36 nitrogen and oxygen atoms in total. The molecule has 4 saturated heterocycles. The van der Waals surface area contributed by atoms with Crippen LogP contribution in [0, 0.1) is 5.92 Å². The maximum Gasteiger partial charge on any atom is 0.234 e. The summed E-state index contributed by atoms with van der Waals surface area (Å²) in [5, 5.41) is 39.0. The molecular weight excluding hydrogens is 1820 g/mol. The number of aromatic nitrogens is 16. The summed E-state index contributed by atoms with van der Waals surface area (Å²) in [5.74, 6) is 5.90. The number of nitrogens with zero attached hydrogens (tertiary/aromatic N) is 24. The summed E-state index contributed by atoms with van der Waals surface area (Å²) < 4.78 is 45.8. The number of aliphatic hydroxyl groups is 2. The van der Waals surface area contributed by atoms with Gasteiger partial charge in [0.15, 0.2) is 0 Å². The van der Waals surface area contributed by atoms with Gasteiger partial charge in [0.1, 0.15) is 40.2 Å². The Bertz CT molecular complexity index is 6990. The number of piperazine rings is 1. The van der Waals surface area contributed by atoms with Gasteiger partial charge in [-0.25, -0.2) is 19.9 Å². The number of carbonyl (C=O) groups excluding carboxylic acids is 2. The molecule has 12 heterocycles. The fraction of sp³-hybridized carbons (Fsp3) is 0.352. The van der Waals surface area contributed by atoms with Gasteiger partial charge in [-0.1, -0.05) is 0 Å². The Morgan fingerprint density at radius 3 is 1.03 bits per heavy atom. The number of likely N-dealkylation sites (tertiary alicyclic amines) is 3. The summed E-state index contributed by atoms with van der Waals surface area (Å²) in [6.07, 6.45) is 30.3. The maximum absolute atomic E-state index is 12.3. The first-order valence-electron chi connectivity index (χ1n) is 48.7. The van der Waals surface area contributed by atoms with Crippen LogP contribution in [0.2, 0.25) is 0 Å². The summed E-state index contributed by atoms with van der Waals surface area (Å²) in [5.41, 5.74) is 21.9. The number of hydrogen-bond donors (Lipinski definition) is 3. The number of benzene rings is 8. The van der Waals surface area contributed by atoms with Gasteiger partial charge in [-0.05, 0) is 174 Å². The lowest BCUT2D eigenvalue weighted by atomic mass is 9.94. The van der Waals surface area contributed by atoms with Crippen molar-refractivity contribution < 1.29 is 53.0 Å². The number of carbonyl (C=O) groups is 2. The van der Waals surface area contributed by atoms with E-state index in [-0.39, 0.29) is 25.0 Å². The Morgan fingerprint density at radius 1 is 0.354 bits per heavy atom. The van der Waals surface area contributed by atoms with Gasteiger partial charge in [0.05, 0.1) is 179 Å². The first kappa shape index (κ1) is 100. The van der Waals surface area contributed by atoms with E-state index in [0.717, 1.165) is 242 Å². The quantitative estimate of drug-likeness (QED) is 0.0332. The molecule has 8 aromatic heterocycles. The second-order valence-corrected chi connectivity index (χ2v) is 36.2. The van der Waals surface area contributed by atoms with Crippen molar-refractivity contribution in [3.05, 3.63) is 226 Å². The van der Waals surface area contributed by atoms with Crippen LogP contribution >= 0.6 is 0 Å². The third kappa shape index (κ3) is 25.1. The van der Waals surface area contributed by atoms with E-state index in [4.69, 9.17) is 53.1 Å². The average molecular weight is 1950 g/mol.